The highest BCUT2D eigenvalue weighted by atomic mass is 15.5. The monoisotopic (exact) mass is 350 g/mol. The number of anilines is 1. The van der Waals surface area contributed by atoms with Gasteiger partial charge in [0.25, 0.3) is 0 Å². The molecule has 2 fully saturated rings. The van der Waals surface area contributed by atoms with E-state index in [1.54, 1.807) is 0 Å². The van der Waals surface area contributed by atoms with Crippen LogP contribution >= 0.6 is 0 Å². The van der Waals surface area contributed by atoms with Gasteiger partial charge >= 0.3 is 0 Å². The predicted octanol–water partition coefficient (Wildman–Crippen LogP) is 5.84. The average Bonchev–Trinajstić information content (AvgIpc) is 3.39. The lowest BCUT2D eigenvalue weighted by molar-refractivity contribution is 0.115. The first kappa shape index (κ1) is 12.6. The number of rotatable bonds is 2. The standard InChI is InChI=1S/C24H30N2/c1-16-10-4-9-15-22(16)25-17(2)23-20-13-7-8-14-21(20)24(26(23)18(25)3)19-11-5-6-12-19/h4,7-10,13-15,17-19,23-24H,5-6,11-12H2,1-3H3/t17-,18?,23?,24?/m0/s1/i3D3,24D. The van der Waals surface area contributed by atoms with Crippen LogP contribution in [0.15, 0.2) is 48.5 Å². The van der Waals surface area contributed by atoms with Gasteiger partial charge in [-0.3, -0.25) is 4.90 Å². The van der Waals surface area contributed by atoms with Gasteiger partial charge in [-0.25, -0.2) is 0 Å². The van der Waals surface area contributed by atoms with Crippen molar-refractivity contribution < 1.29 is 5.48 Å². The maximum atomic E-state index is 9.84. The summed E-state index contributed by atoms with van der Waals surface area (Å²) in [6, 6.07) is 15.1. The van der Waals surface area contributed by atoms with Gasteiger partial charge in [0.2, 0.25) is 0 Å². The molecule has 0 bridgehead atoms. The van der Waals surface area contributed by atoms with Crippen molar-refractivity contribution in [2.75, 3.05) is 4.90 Å². The number of hydrogen-bond donors (Lipinski definition) is 0. The molecule has 2 aliphatic heterocycles. The fraction of sp³-hybridized carbons (Fsp3) is 0.500. The van der Waals surface area contributed by atoms with Gasteiger partial charge in [0.15, 0.2) is 0 Å². The van der Waals surface area contributed by atoms with Crippen LogP contribution in [-0.2, 0) is 0 Å². The van der Waals surface area contributed by atoms with E-state index >= 15 is 0 Å². The van der Waals surface area contributed by atoms with Crippen molar-refractivity contribution in [3.63, 3.8) is 0 Å². The van der Waals surface area contributed by atoms with Gasteiger partial charge in [-0.15, -0.1) is 0 Å². The summed E-state index contributed by atoms with van der Waals surface area (Å²) in [5.74, 6) is 0.164. The van der Waals surface area contributed by atoms with E-state index in [0.717, 1.165) is 48.1 Å². The molecule has 3 unspecified atom stereocenters. The normalized spacial score (nSPS) is 37.0. The number of aryl methyl sites for hydroxylation is 1. The summed E-state index contributed by atoms with van der Waals surface area (Å²) in [6.07, 6.45) is 3.42. The van der Waals surface area contributed by atoms with E-state index in [0.29, 0.717) is 0 Å². The van der Waals surface area contributed by atoms with E-state index in [4.69, 9.17) is 4.11 Å². The van der Waals surface area contributed by atoms with Crippen LogP contribution in [0, 0.1) is 12.8 Å². The number of hydrogen-bond acceptors (Lipinski definition) is 2. The molecule has 0 spiro atoms. The fourth-order valence-corrected chi connectivity index (χ4v) is 5.55. The Morgan fingerprint density at radius 2 is 1.69 bits per heavy atom. The highest BCUT2D eigenvalue weighted by Crippen LogP contribution is 2.56. The summed E-state index contributed by atoms with van der Waals surface area (Å²) in [5, 5.41) is 0. The van der Waals surface area contributed by atoms with E-state index in [1.165, 1.54) is 0 Å². The Morgan fingerprint density at radius 3 is 2.42 bits per heavy atom. The van der Waals surface area contributed by atoms with E-state index in [1.807, 2.05) is 43.3 Å². The number of benzene rings is 2. The molecule has 1 aliphatic carbocycles. The first-order valence-electron chi connectivity index (χ1n) is 12.0. The lowest BCUT2D eigenvalue weighted by Gasteiger charge is -2.36. The molecule has 0 aromatic heterocycles. The highest BCUT2D eigenvalue weighted by molar-refractivity contribution is 5.58. The van der Waals surface area contributed by atoms with Crippen molar-refractivity contribution in [1.82, 2.24) is 4.90 Å². The highest BCUT2D eigenvalue weighted by Gasteiger charge is 2.53. The van der Waals surface area contributed by atoms with Crippen molar-refractivity contribution in [3.05, 3.63) is 65.2 Å². The van der Waals surface area contributed by atoms with E-state index in [9.17, 15) is 1.37 Å². The molecule has 4 atom stereocenters. The molecule has 2 aromatic rings. The molecular weight excluding hydrogens is 316 g/mol. The predicted molar refractivity (Wildman–Crippen MR) is 108 cm³/mol. The Morgan fingerprint density at radius 1 is 1.00 bits per heavy atom. The Labute approximate surface area is 163 Å². The van der Waals surface area contributed by atoms with E-state index < -0.39 is 19.0 Å². The number of fused-ring (bicyclic) bond motifs is 3. The Bertz CT molecular complexity index is 952. The van der Waals surface area contributed by atoms with Crippen LogP contribution in [0.4, 0.5) is 5.69 Å². The maximum absolute atomic E-state index is 9.84. The maximum Gasteiger partial charge on any atom is 0.0807 e. The van der Waals surface area contributed by atoms with Gasteiger partial charge in [0.1, 0.15) is 0 Å². The van der Waals surface area contributed by atoms with Crippen molar-refractivity contribution in [2.45, 2.75) is 70.7 Å². The molecule has 0 N–H and O–H groups in total. The third kappa shape index (κ3) is 2.21. The molecule has 2 heterocycles. The Kier molecular flexibility index (Phi) is 2.96. The summed E-state index contributed by atoms with van der Waals surface area (Å²) in [5.41, 5.74) is 4.20. The molecule has 3 aliphatic rings. The minimum atomic E-state index is -2.22. The molecule has 1 saturated carbocycles. The van der Waals surface area contributed by atoms with Crippen LogP contribution in [-0.4, -0.2) is 17.1 Å². The molecule has 5 rings (SSSR count). The van der Waals surface area contributed by atoms with Crippen LogP contribution in [0.1, 0.15) is 73.7 Å². The minimum absolute atomic E-state index is 0.0358. The van der Waals surface area contributed by atoms with Gasteiger partial charge in [-0.05, 0) is 62.2 Å². The van der Waals surface area contributed by atoms with Gasteiger partial charge < -0.3 is 4.90 Å². The number of nitrogens with zero attached hydrogens (tertiary/aromatic N) is 2. The smallest absolute Gasteiger partial charge is 0.0807 e. The zero-order valence-corrected chi connectivity index (χ0v) is 15.7. The summed E-state index contributed by atoms with van der Waals surface area (Å²) in [4.78, 5) is 4.15. The molecule has 2 heteroatoms. The zero-order chi connectivity index (χ0) is 21.3. The Balaban J connectivity index is 1.74. The van der Waals surface area contributed by atoms with Crippen LogP contribution in [0.2, 0.25) is 0 Å². The van der Waals surface area contributed by atoms with Crippen molar-refractivity contribution in [2.24, 2.45) is 5.92 Å². The zero-order valence-electron chi connectivity index (χ0n) is 19.7. The van der Waals surface area contributed by atoms with Crippen LogP contribution in [0.25, 0.3) is 0 Å². The average molecular weight is 351 g/mol. The third-order valence-electron chi connectivity index (χ3n) is 6.69. The lowest BCUT2D eigenvalue weighted by atomic mass is 9.90. The van der Waals surface area contributed by atoms with Gasteiger partial charge in [-0.1, -0.05) is 55.3 Å². The largest absolute Gasteiger partial charge is 0.351 e. The number of para-hydroxylation sites is 1. The minimum Gasteiger partial charge on any atom is -0.351 e. The molecule has 26 heavy (non-hydrogen) atoms. The van der Waals surface area contributed by atoms with Crippen LogP contribution in [0.5, 0.6) is 0 Å². The first-order chi connectivity index (χ1) is 14.3. The molecule has 2 nitrogen and oxygen atoms in total. The summed E-state index contributed by atoms with van der Waals surface area (Å²) in [7, 11) is 0. The van der Waals surface area contributed by atoms with Crippen LogP contribution < -0.4 is 4.90 Å². The summed E-state index contributed by atoms with van der Waals surface area (Å²) in [6.45, 7) is 1.95. The summed E-state index contributed by atoms with van der Waals surface area (Å²) >= 11 is 0. The van der Waals surface area contributed by atoms with Crippen molar-refractivity contribution >= 4 is 5.69 Å². The second-order valence-corrected chi connectivity index (χ2v) is 8.11. The van der Waals surface area contributed by atoms with Crippen LogP contribution in [0.3, 0.4) is 0 Å². The molecular formula is C24H30N2. The Hall–Kier alpha value is -1.80. The quantitative estimate of drug-likeness (QED) is 0.671. The second kappa shape index (κ2) is 6.13. The van der Waals surface area contributed by atoms with Crippen molar-refractivity contribution in [1.29, 1.82) is 0 Å². The first-order valence-corrected chi connectivity index (χ1v) is 9.98. The van der Waals surface area contributed by atoms with Gasteiger partial charge in [0.05, 0.1) is 13.6 Å². The van der Waals surface area contributed by atoms with E-state index in [-0.39, 0.29) is 18.0 Å². The molecule has 2 aromatic carbocycles. The molecule has 1 saturated heterocycles. The third-order valence-corrected chi connectivity index (χ3v) is 6.69. The topological polar surface area (TPSA) is 6.48 Å². The van der Waals surface area contributed by atoms with Crippen molar-refractivity contribution in [3.8, 4) is 0 Å². The molecule has 0 radical (unpaired) electrons. The van der Waals surface area contributed by atoms with Gasteiger partial charge in [0, 0.05) is 21.9 Å². The molecule has 136 valence electrons. The van der Waals surface area contributed by atoms with E-state index in [2.05, 4.69) is 28.9 Å². The molecule has 0 amide bonds. The van der Waals surface area contributed by atoms with Gasteiger partial charge in [-0.2, -0.15) is 0 Å². The summed E-state index contributed by atoms with van der Waals surface area (Å²) < 4.78 is 35.5. The fourth-order valence-electron chi connectivity index (χ4n) is 5.55. The lowest BCUT2D eigenvalue weighted by Crippen LogP contribution is -2.40. The SMILES string of the molecule is [2H]C([2H])([2H])C1N(c2ccccc2C)[C@@H](C)C2c3ccccc3C([2H])(C3CCCC3)N21. The second-order valence-electron chi connectivity index (χ2n) is 8.11.